The van der Waals surface area contributed by atoms with Crippen LogP contribution in [-0.4, -0.2) is 54.1 Å². The van der Waals surface area contributed by atoms with Crippen LogP contribution in [0, 0.1) is 17.8 Å². The second kappa shape index (κ2) is 8.81. The molecule has 14 nitrogen and oxygen atoms in total. The zero-order valence-corrected chi connectivity index (χ0v) is 19.6. The first kappa shape index (κ1) is 27.0. The summed E-state index contributed by atoms with van der Waals surface area (Å²) in [7, 11) is -16.7. The van der Waals surface area contributed by atoms with Crippen LogP contribution in [0.2, 0.25) is 0 Å². The number of nitrogens with zero attached hydrogens (tertiary/aromatic N) is 1. The molecule has 17 heteroatoms. The largest absolute Gasteiger partial charge is 0.490 e. The van der Waals surface area contributed by atoms with Gasteiger partial charge in [0.1, 0.15) is 22.9 Å². The van der Waals surface area contributed by atoms with Crippen molar-refractivity contribution in [3.8, 4) is 12.3 Å². The summed E-state index contributed by atoms with van der Waals surface area (Å²) >= 11 is 0. The molecule has 0 radical (unpaired) electrons. The van der Waals surface area contributed by atoms with E-state index in [0.717, 1.165) is 0 Å². The highest BCUT2D eigenvalue weighted by Crippen LogP contribution is 2.66. The Balaban J connectivity index is 2.22. The Bertz CT molecular complexity index is 1020. The lowest BCUT2D eigenvalue weighted by molar-refractivity contribution is -0.122. The van der Waals surface area contributed by atoms with Crippen LogP contribution in [0.25, 0.3) is 0 Å². The number of rotatable bonds is 8. The van der Waals surface area contributed by atoms with Gasteiger partial charge in [-0.15, -0.1) is 6.42 Å². The van der Waals surface area contributed by atoms with Gasteiger partial charge in [0.25, 0.3) is 0 Å². The van der Waals surface area contributed by atoms with Crippen LogP contribution in [0.15, 0.2) is 37.0 Å². The summed E-state index contributed by atoms with van der Waals surface area (Å²) in [5.74, 6) is 2.75. The van der Waals surface area contributed by atoms with E-state index < -0.39 is 53.4 Å². The quantitative estimate of drug-likeness (QED) is 0.196. The highest BCUT2D eigenvalue weighted by Gasteiger charge is 2.61. The minimum Gasteiger partial charge on any atom is -0.388 e. The minimum absolute atomic E-state index is 0.313. The predicted molar refractivity (Wildman–Crippen MR) is 108 cm³/mol. The van der Waals surface area contributed by atoms with Gasteiger partial charge < -0.3 is 39.6 Å². The number of aliphatic hydroxyl groups is 1. The van der Waals surface area contributed by atoms with Crippen LogP contribution < -0.4 is 5.32 Å². The fraction of sp³-hybridized carbons (Fsp3) is 0.467. The van der Waals surface area contributed by atoms with E-state index in [1.165, 1.54) is 18.7 Å². The zero-order chi connectivity index (χ0) is 24.8. The van der Waals surface area contributed by atoms with Gasteiger partial charge in [0, 0.05) is 11.9 Å². The van der Waals surface area contributed by atoms with Gasteiger partial charge in [-0.1, -0.05) is 19.1 Å². The average Bonchev–Trinajstić information content (AvgIpc) is 2.80. The molecule has 0 spiro atoms. The van der Waals surface area contributed by atoms with Crippen molar-refractivity contribution >= 4 is 23.5 Å². The maximum atomic E-state index is 12.0. The molecule has 32 heavy (non-hydrogen) atoms. The molecule has 0 aromatic carbocycles. The molecular formula is C15H23N2O12P3. The van der Waals surface area contributed by atoms with Crippen LogP contribution in [0.4, 0.5) is 0 Å². The van der Waals surface area contributed by atoms with Crippen LogP contribution in [0.1, 0.15) is 13.8 Å². The molecule has 0 saturated carbocycles. The predicted octanol–water partition coefficient (Wildman–Crippen LogP) is 0.849. The Kier molecular flexibility index (Phi) is 7.43. The van der Waals surface area contributed by atoms with E-state index in [2.05, 4.69) is 37.5 Å². The Labute approximate surface area is 183 Å². The molecule has 0 bridgehead atoms. The summed E-state index contributed by atoms with van der Waals surface area (Å²) in [6, 6.07) is 0. The first-order chi connectivity index (χ1) is 14.3. The Morgan fingerprint density at radius 3 is 2.31 bits per heavy atom. The van der Waals surface area contributed by atoms with Crippen LogP contribution in [-0.2, 0) is 31.6 Å². The molecule has 6 atom stereocenters. The van der Waals surface area contributed by atoms with Gasteiger partial charge in [-0.3, -0.25) is 4.52 Å². The fourth-order valence-corrected chi connectivity index (χ4v) is 6.22. The van der Waals surface area contributed by atoms with Crippen LogP contribution in [0.5, 0.6) is 0 Å². The maximum absolute atomic E-state index is 12.0. The highest BCUT2D eigenvalue weighted by atomic mass is 31.3. The molecule has 2 rings (SSSR count). The lowest BCUT2D eigenvalue weighted by Crippen LogP contribution is -2.48. The van der Waals surface area contributed by atoms with Gasteiger partial charge in [-0.25, -0.2) is 13.7 Å². The number of aliphatic hydroxyl groups excluding tert-OH is 1. The molecule has 1 fully saturated rings. The van der Waals surface area contributed by atoms with Gasteiger partial charge in [0.2, 0.25) is 0 Å². The number of hydrogen-bond donors (Lipinski definition) is 6. The van der Waals surface area contributed by atoms with Crippen LogP contribution in [0.3, 0.4) is 0 Å². The standard InChI is InChI=1S/C15H23N2O12P3/c1-6-14(4)12(18)15(5,27-13(14)17-8-7-10(2)16-11(17)3)9-26-31(22,23)29-32(24,25)28-30(19,20)21/h1,7-8,12-13,16,18H,2-3,9H2,4-5H3,(H,22,23)(H,24,25)(H2,19,20,21)/t12-,13-,14?,15-/m1/s1. The fourth-order valence-electron chi connectivity index (χ4n) is 3.10. The van der Waals surface area contributed by atoms with Crippen molar-refractivity contribution in [1.29, 1.82) is 0 Å². The summed E-state index contributed by atoms with van der Waals surface area (Å²) in [4.78, 5) is 37.5. The molecule has 0 amide bonds. The van der Waals surface area contributed by atoms with Gasteiger partial charge in [-0.2, -0.15) is 8.62 Å². The highest BCUT2D eigenvalue weighted by molar-refractivity contribution is 7.66. The minimum atomic E-state index is -5.70. The number of allylic oxidation sites excluding steroid dienone is 1. The molecule has 0 aromatic rings. The first-order valence-corrected chi connectivity index (χ1v) is 13.1. The Hall–Kier alpha value is -1.29. The molecule has 180 valence electrons. The van der Waals surface area contributed by atoms with E-state index >= 15 is 0 Å². The van der Waals surface area contributed by atoms with E-state index in [9.17, 15) is 28.6 Å². The number of hydrogen-bond acceptors (Lipinski definition) is 10. The van der Waals surface area contributed by atoms with Crippen molar-refractivity contribution in [3.05, 3.63) is 37.0 Å². The summed E-state index contributed by atoms with van der Waals surface area (Å²) in [5.41, 5.74) is -2.62. The molecule has 2 aliphatic heterocycles. The monoisotopic (exact) mass is 516 g/mol. The van der Waals surface area contributed by atoms with E-state index in [1.54, 1.807) is 12.3 Å². The maximum Gasteiger partial charge on any atom is 0.490 e. The molecule has 3 unspecified atom stereocenters. The molecule has 6 N–H and O–H groups in total. The SMILES string of the molecule is C#CC1(C)[C@@H](O)[C@@](C)(COP(=O)(O)OP(=O)(O)OP(=O)(O)O)O[C@H]1N1C=CC(=C)NC1=C. The number of terminal acetylenes is 1. The Morgan fingerprint density at radius 1 is 1.22 bits per heavy atom. The topological polar surface area (TPSA) is 205 Å². The van der Waals surface area contributed by atoms with Gasteiger partial charge in [-0.05, 0) is 19.9 Å². The van der Waals surface area contributed by atoms with Crippen molar-refractivity contribution in [1.82, 2.24) is 10.2 Å². The molecule has 0 aromatic heterocycles. The van der Waals surface area contributed by atoms with E-state index in [0.29, 0.717) is 11.5 Å². The first-order valence-electron chi connectivity index (χ1n) is 8.57. The third-order valence-corrected chi connectivity index (χ3v) is 8.37. The summed E-state index contributed by atoms with van der Waals surface area (Å²) in [6.07, 6.45) is 6.23. The normalized spacial score (nSPS) is 34.5. The van der Waals surface area contributed by atoms with Gasteiger partial charge >= 0.3 is 23.5 Å². The van der Waals surface area contributed by atoms with Crippen LogP contribution >= 0.6 is 23.5 Å². The summed E-state index contributed by atoms with van der Waals surface area (Å²) < 4.78 is 52.0. The van der Waals surface area contributed by atoms with Crippen molar-refractivity contribution in [3.63, 3.8) is 0 Å². The van der Waals surface area contributed by atoms with Crippen molar-refractivity contribution in [2.75, 3.05) is 6.61 Å². The lowest BCUT2D eigenvalue weighted by atomic mass is 9.78. The smallest absolute Gasteiger partial charge is 0.388 e. The zero-order valence-electron chi connectivity index (χ0n) is 16.9. The van der Waals surface area contributed by atoms with Crippen molar-refractivity contribution in [2.24, 2.45) is 5.41 Å². The number of phosphoric acid groups is 3. The second-order valence-corrected chi connectivity index (χ2v) is 11.7. The molecule has 2 aliphatic rings. The number of nitrogens with one attached hydrogen (secondary N) is 1. The summed E-state index contributed by atoms with van der Waals surface area (Å²) in [6.45, 7) is 9.43. The van der Waals surface area contributed by atoms with E-state index in [1.807, 2.05) is 0 Å². The third-order valence-electron chi connectivity index (χ3n) is 4.59. The van der Waals surface area contributed by atoms with Gasteiger partial charge in [0.05, 0.1) is 6.61 Å². The number of ether oxygens (including phenoxy) is 1. The van der Waals surface area contributed by atoms with Crippen molar-refractivity contribution < 1.29 is 56.3 Å². The summed E-state index contributed by atoms with van der Waals surface area (Å²) in [5, 5.41) is 13.7. The van der Waals surface area contributed by atoms with Gasteiger partial charge in [0.15, 0.2) is 6.23 Å². The second-order valence-electron chi connectivity index (χ2n) is 7.30. The molecule has 0 aliphatic carbocycles. The third kappa shape index (κ3) is 5.98. The molecule has 1 saturated heterocycles. The van der Waals surface area contributed by atoms with E-state index in [-0.39, 0.29) is 0 Å². The molecule has 2 heterocycles. The average molecular weight is 516 g/mol. The number of phosphoric ester groups is 1. The van der Waals surface area contributed by atoms with Crippen molar-refractivity contribution in [2.45, 2.75) is 31.8 Å². The molecular weight excluding hydrogens is 493 g/mol. The lowest BCUT2D eigenvalue weighted by Gasteiger charge is -2.38. The Morgan fingerprint density at radius 2 is 1.81 bits per heavy atom. The van der Waals surface area contributed by atoms with E-state index in [4.69, 9.17) is 20.9 Å².